The summed E-state index contributed by atoms with van der Waals surface area (Å²) in [5.74, 6) is 0.986. The summed E-state index contributed by atoms with van der Waals surface area (Å²) in [6.45, 7) is 3.28. The van der Waals surface area contributed by atoms with E-state index < -0.39 is 0 Å². The SMILES string of the molecule is Cc1nc2ccccc2n1CCCNC(=O)COc1ccc(CC(N)=O)cc1. The minimum absolute atomic E-state index is 0.0534. The number of nitrogens with zero attached hydrogens (tertiary/aromatic N) is 2. The van der Waals surface area contributed by atoms with Gasteiger partial charge in [-0.15, -0.1) is 0 Å². The maximum Gasteiger partial charge on any atom is 0.257 e. The number of amides is 2. The van der Waals surface area contributed by atoms with Gasteiger partial charge in [0.15, 0.2) is 6.61 Å². The molecule has 0 saturated carbocycles. The zero-order chi connectivity index (χ0) is 19.9. The largest absolute Gasteiger partial charge is 0.484 e. The third-order valence-electron chi connectivity index (χ3n) is 4.40. The van der Waals surface area contributed by atoms with Gasteiger partial charge in [-0.2, -0.15) is 0 Å². The smallest absolute Gasteiger partial charge is 0.257 e. The number of nitrogens with two attached hydrogens (primary N) is 1. The Morgan fingerprint density at radius 1 is 1.14 bits per heavy atom. The van der Waals surface area contributed by atoms with Gasteiger partial charge in [-0.1, -0.05) is 24.3 Å². The molecule has 0 bridgehead atoms. The van der Waals surface area contributed by atoms with E-state index >= 15 is 0 Å². The number of rotatable bonds is 9. The standard InChI is InChI=1S/C21H24N4O3/c1-15-24-18-5-2-3-6-19(18)25(15)12-4-11-23-21(27)14-28-17-9-7-16(8-10-17)13-20(22)26/h2-3,5-10H,4,11-14H2,1H3,(H2,22,26)(H,23,27). The predicted molar refractivity (Wildman–Crippen MR) is 107 cm³/mol. The fourth-order valence-electron chi connectivity index (χ4n) is 3.05. The van der Waals surface area contributed by atoms with Crippen molar-refractivity contribution in [3.05, 3.63) is 59.9 Å². The third kappa shape index (κ3) is 5.09. The lowest BCUT2D eigenvalue weighted by Crippen LogP contribution is -2.30. The summed E-state index contributed by atoms with van der Waals surface area (Å²) in [7, 11) is 0. The molecule has 0 aliphatic carbocycles. The highest BCUT2D eigenvalue weighted by Gasteiger charge is 2.07. The first kappa shape index (κ1) is 19.4. The van der Waals surface area contributed by atoms with Crippen molar-refractivity contribution >= 4 is 22.8 Å². The van der Waals surface area contributed by atoms with E-state index in [1.807, 2.05) is 25.1 Å². The molecule has 3 rings (SSSR count). The van der Waals surface area contributed by atoms with Crippen LogP contribution in [-0.4, -0.2) is 34.5 Å². The van der Waals surface area contributed by atoms with Gasteiger partial charge in [-0.05, 0) is 43.2 Å². The second-order valence-corrected chi connectivity index (χ2v) is 6.58. The quantitative estimate of drug-likeness (QED) is 0.554. The molecule has 0 aliphatic rings. The predicted octanol–water partition coefficient (Wildman–Crippen LogP) is 1.96. The number of nitrogens with one attached hydrogen (secondary N) is 1. The Hall–Kier alpha value is -3.35. The van der Waals surface area contributed by atoms with Gasteiger partial charge in [-0.3, -0.25) is 9.59 Å². The first-order chi connectivity index (χ1) is 13.5. The molecule has 0 aliphatic heterocycles. The molecule has 0 fully saturated rings. The average molecular weight is 380 g/mol. The lowest BCUT2D eigenvalue weighted by Gasteiger charge is -2.09. The van der Waals surface area contributed by atoms with Crippen molar-refractivity contribution in [1.29, 1.82) is 0 Å². The van der Waals surface area contributed by atoms with Gasteiger partial charge in [0.05, 0.1) is 17.5 Å². The highest BCUT2D eigenvalue weighted by atomic mass is 16.5. The molecule has 1 aromatic heterocycles. The number of primary amides is 1. The van der Waals surface area contributed by atoms with E-state index in [0.29, 0.717) is 12.3 Å². The highest BCUT2D eigenvalue weighted by molar-refractivity contribution is 5.78. The molecule has 28 heavy (non-hydrogen) atoms. The van der Waals surface area contributed by atoms with Crippen LogP contribution in [0.15, 0.2) is 48.5 Å². The molecule has 3 N–H and O–H groups in total. The molecule has 0 spiro atoms. The van der Waals surface area contributed by atoms with Crippen LogP contribution in [0.2, 0.25) is 0 Å². The van der Waals surface area contributed by atoms with E-state index in [0.717, 1.165) is 35.4 Å². The van der Waals surface area contributed by atoms with Gasteiger partial charge in [0.25, 0.3) is 5.91 Å². The zero-order valence-corrected chi connectivity index (χ0v) is 15.9. The third-order valence-corrected chi connectivity index (χ3v) is 4.40. The van der Waals surface area contributed by atoms with E-state index in [-0.39, 0.29) is 24.8 Å². The van der Waals surface area contributed by atoms with Gasteiger partial charge < -0.3 is 20.4 Å². The van der Waals surface area contributed by atoms with Crippen LogP contribution < -0.4 is 15.8 Å². The number of hydrogen-bond acceptors (Lipinski definition) is 4. The molecule has 0 unspecified atom stereocenters. The molecule has 0 saturated heterocycles. The number of hydrogen-bond donors (Lipinski definition) is 2. The average Bonchev–Trinajstić information content (AvgIpc) is 2.99. The fourth-order valence-corrected chi connectivity index (χ4v) is 3.05. The Bertz CT molecular complexity index is 963. The van der Waals surface area contributed by atoms with Crippen molar-refractivity contribution in [3.63, 3.8) is 0 Å². The zero-order valence-electron chi connectivity index (χ0n) is 15.9. The second-order valence-electron chi connectivity index (χ2n) is 6.58. The molecule has 2 aromatic carbocycles. The number of aryl methyl sites for hydroxylation is 2. The summed E-state index contributed by atoms with van der Waals surface area (Å²) >= 11 is 0. The van der Waals surface area contributed by atoms with E-state index in [9.17, 15) is 9.59 Å². The maximum atomic E-state index is 12.0. The Labute approximate surface area is 163 Å². The molecular formula is C21H24N4O3. The summed E-state index contributed by atoms with van der Waals surface area (Å²) in [6, 6.07) is 15.0. The van der Waals surface area contributed by atoms with Crippen LogP contribution in [0.1, 0.15) is 17.8 Å². The van der Waals surface area contributed by atoms with Gasteiger partial charge in [0, 0.05) is 13.1 Å². The fraction of sp³-hybridized carbons (Fsp3) is 0.286. The summed E-state index contributed by atoms with van der Waals surface area (Å²) in [4.78, 5) is 27.4. The van der Waals surface area contributed by atoms with Gasteiger partial charge in [0.2, 0.25) is 5.91 Å². The minimum atomic E-state index is -0.382. The van der Waals surface area contributed by atoms with Crippen molar-refractivity contribution in [2.24, 2.45) is 5.73 Å². The number of imidazole rings is 1. The van der Waals surface area contributed by atoms with Crippen LogP contribution in [0, 0.1) is 6.92 Å². The normalized spacial score (nSPS) is 10.8. The van der Waals surface area contributed by atoms with Crippen LogP contribution in [0.3, 0.4) is 0 Å². The number of aromatic nitrogens is 2. The Morgan fingerprint density at radius 2 is 1.89 bits per heavy atom. The molecule has 146 valence electrons. The molecule has 2 amide bonds. The molecule has 1 heterocycles. The summed E-state index contributed by atoms with van der Waals surface area (Å²) in [5, 5.41) is 2.86. The van der Waals surface area contributed by atoms with Gasteiger partial charge in [-0.25, -0.2) is 4.98 Å². The number of benzene rings is 2. The molecule has 3 aromatic rings. The van der Waals surface area contributed by atoms with E-state index in [1.165, 1.54) is 0 Å². The van der Waals surface area contributed by atoms with E-state index in [4.69, 9.17) is 10.5 Å². The first-order valence-corrected chi connectivity index (χ1v) is 9.21. The van der Waals surface area contributed by atoms with Crippen LogP contribution in [0.4, 0.5) is 0 Å². The number of carbonyl (C=O) groups excluding carboxylic acids is 2. The lowest BCUT2D eigenvalue weighted by molar-refractivity contribution is -0.123. The Balaban J connectivity index is 1.40. The van der Waals surface area contributed by atoms with Crippen LogP contribution in [0.5, 0.6) is 5.75 Å². The first-order valence-electron chi connectivity index (χ1n) is 9.21. The molecule has 7 nitrogen and oxygen atoms in total. The van der Waals surface area contributed by atoms with Crippen LogP contribution >= 0.6 is 0 Å². The molecule has 0 atom stereocenters. The number of carbonyl (C=O) groups is 2. The van der Waals surface area contributed by atoms with Crippen LogP contribution in [0.25, 0.3) is 11.0 Å². The number of fused-ring (bicyclic) bond motifs is 1. The van der Waals surface area contributed by atoms with Crippen molar-refractivity contribution in [3.8, 4) is 5.75 Å². The van der Waals surface area contributed by atoms with Gasteiger partial charge >= 0.3 is 0 Å². The topological polar surface area (TPSA) is 99.2 Å². The Morgan fingerprint density at radius 3 is 2.64 bits per heavy atom. The molecular weight excluding hydrogens is 356 g/mol. The maximum absolute atomic E-state index is 12.0. The van der Waals surface area contributed by atoms with Crippen molar-refractivity contribution in [2.45, 2.75) is 26.3 Å². The van der Waals surface area contributed by atoms with Gasteiger partial charge in [0.1, 0.15) is 11.6 Å². The van der Waals surface area contributed by atoms with E-state index in [1.54, 1.807) is 24.3 Å². The minimum Gasteiger partial charge on any atom is -0.484 e. The van der Waals surface area contributed by atoms with E-state index in [2.05, 4.69) is 20.9 Å². The molecule has 7 heteroatoms. The van der Waals surface area contributed by atoms with Crippen LogP contribution in [-0.2, 0) is 22.6 Å². The summed E-state index contributed by atoms with van der Waals surface area (Å²) in [6.07, 6.45) is 0.987. The highest BCUT2D eigenvalue weighted by Crippen LogP contribution is 2.15. The van der Waals surface area contributed by atoms with Crippen molar-refractivity contribution < 1.29 is 14.3 Å². The lowest BCUT2D eigenvalue weighted by atomic mass is 10.1. The summed E-state index contributed by atoms with van der Waals surface area (Å²) in [5.41, 5.74) is 8.06. The second kappa shape index (κ2) is 9.03. The van der Waals surface area contributed by atoms with Crippen molar-refractivity contribution in [1.82, 2.24) is 14.9 Å². The van der Waals surface area contributed by atoms with Crippen molar-refractivity contribution in [2.75, 3.05) is 13.2 Å². The summed E-state index contributed by atoms with van der Waals surface area (Å²) < 4.78 is 7.62. The number of ether oxygens (including phenoxy) is 1. The Kier molecular flexibility index (Phi) is 6.26. The monoisotopic (exact) mass is 380 g/mol. The number of para-hydroxylation sites is 2. The molecule has 0 radical (unpaired) electrons.